The number of methoxy groups -OCH3 is 1. The minimum absolute atomic E-state index is 0.119. The highest BCUT2D eigenvalue weighted by Crippen LogP contribution is 2.17. The first-order valence-corrected chi connectivity index (χ1v) is 5.47. The Morgan fingerprint density at radius 1 is 1.39 bits per heavy atom. The van der Waals surface area contributed by atoms with Crippen LogP contribution in [0.5, 0.6) is 0 Å². The molecular weight excluding hydrogens is 232 g/mol. The summed E-state index contributed by atoms with van der Waals surface area (Å²) in [6.07, 6.45) is 1.70. The van der Waals surface area contributed by atoms with E-state index in [0.29, 0.717) is 10.9 Å². The van der Waals surface area contributed by atoms with E-state index in [-0.39, 0.29) is 5.56 Å². The predicted octanol–water partition coefficient (Wildman–Crippen LogP) is 0.711. The summed E-state index contributed by atoms with van der Waals surface area (Å²) in [7, 11) is 2.96. The Morgan fingerprint density at radius 3 is 2.78 bits per heavy atom. The molecule has 2 rings (SSSR count). The summed E-state index contributed by atoms with van der Waals surface area (Å²) in [5, 5.41) is 1.36. The van der Waals surface area contributed by atoms with Crippen LogP contribution in [0.4, 0.5) is 0 Å². The molecule has 1 atom stereocenters. The lowest BCUT2D eigenvalue weighted by Gasteiger charge is -2.10. The van der Waals surface area contributed by atoms with Crippen LogP contribution in [0.3, 0.4) is 0 Å². The zero-order valence-electron chi connectivity index (χ0n) is 10.2. The van der Waals surface area contributed by atoms with Gasteiger partial charge in [0, 0.05) is 18.6 Å². The van der Waals surface area contributed by atoms with E-state index in [1.807, 2.05) is 6.07 Å². The fourth-order valence-corrected chi connectivity index (χ4v) is 1.81. The maximum atomic E-state index is 11.9. The molecule has 0 aliphatic rings. The summed E-state index contributed by atoms with van der Waals surface area (Å²) < 4.78 is 6.07. The maximum absolute atomic E-state index is 11.9. The largest absolute Gasteiger partial charge is 0.468 e. The third-order valence-corrected chi connectivity index (χ3v) is 2.92. The van der Waals surface area contributed by atoms with E-state index >= 15 is 0 Å². The SMILES string of the molecule is COC(=O)C(N)c1ccc2ccn(C)c(=O)c2c1. The summed E-state index contributed by atoms with van der Waals surface area (Å²) in [6.45, 7) is 0. The number of pyridine rings is 1. The van der Waals surface area contributed by atoms with Crippen molar-refractivity contribution < 1.29 is 9.53 Å². The smallest absolute Gasteiger partial charge is 0.327 e. The molecule has 0 spiro atoms. The normalized spacial score (nSPS) is 12.4. The van der Waals surface area contributed by atoms with E-state index in [1.54, 1.807) is 31.4 Å². The van der Waals surface area contributed by atoms with Crippen molar-refractivity contribution in [3.63, 3.8) is 0 Å². The molecule has 1 aromatic heterocycles. The molecule has 2 N–H and O–H groups in total. The van der Waals surface area contributed by atoms with E-state index in [4.69, 9.17) is 5.73 Å². The number of esters is 1. The molecule has 0 saturated heterocycles. The summed E-state index contributed by atoms with van der Waals surface area (Å²) in [4.78, 5) is 23.3. The van der Waals surface area contributed by atoms with Crippen LogP contribution in [0.1, 0.15) is 11.6 Å². The van der Waals surface area contributed by atoms with E-state index in [0.717, 1.165) is 5.39 Å². The first-order chi connectivity index (χ1) is 8.54. The lowest BCUT2D eigenvalue weighted by Crippen LogP contribution is -2.23. The number of hydrogen-bond acceptors (Lipinski definition) is 4. The predicted molar refractivity (Wildman–Crippen MR) is 68.1 cm³/mol. The highest BCUT2D eigenvalue weighted by Gasteiger charge is 2.16. The van der Waals surface area contributed by atoms with Gasteiger partial charge in [-0.2, -0.15) is 0 Å². The quantitative estimate of drug-likeness (QED) is 0.792. The van der Waals surface area contributed by atoms with Crippen LogP contribution in [0.15, 0.2) is 35.3 Å². The molecule has 0 aliphatic carbocycles. The second kappa shape index (κ2) is 4.62. The molecule has 5 nitrogen and oxygen atoms in total. The zero-order valence-corrected chi connectivity index (χ0v) is 10.2. The van der Waals surface area contributed by atoms with Crippen LogP contribution >= 0.6 is 0 Å². The summed E-state index contributed by atoms with van der Waals surface area (Å²) in [6, 6.07) is 6.10. The van der Waals surface area contributed by atoms with Crippen LogP contribution in [0.25, 0.3) is 10.8 Å². The molecule has 0 radical (unpaired) electrons. The number of nitrogens with two attached hydrogens (primary N) is 1. The minimum atomic E-state index is -0.871. The molecule has 5 heteroatoms. The number of benzene rings is 1. The van der Waals surface area contributed by atoms with Crippen molar-refractivity contribution in [2.24, 2.45) is 12.8 Å². The van der Waals surface area contributed by atoms with Crippen molar-refractivity contribution >= 4 is 16.7 Å². The van der Waals surface area contributed by atoms with Crippen molar-refractivity contribution in [3.8, 4) is 0 Å². The van der Waals surface area contributed by atoms with E-state index in [1.165, 1.54) is 11.7 Å². The van der Waals surface area contributed by atoms with Crippen molar-refractivity contribution in [3.05, 3.63) is 46.4 Å². The molecule has 18 heavy (non-hydrogen) atoms. The molecule has 2 aromatic rings. The van der Waals surface area contributed by atoms with Crippen LogP contribution < -0.4 is 11.3 Å². The Kier molecular flexibility index (Phi) is 3.16. The first-order valence-electron chi connectivity index (χ1n) is 5.47. The van der Waals surface area contributed by atoms with Crippen LogP contribution in [0.2, 0.25) is 0 Å². The number of rotatable bonds is 2. The number of hydrogen-bond donors (Lipinski definition) is 1. The van der Waals surface area contributed by atoms with Gasteiger partial charge in [-0.3, -0.25) is 9.59 Å². The van der Waals surface area contributed by atoms with Crippen LogP contribution in [0, 0.1) is 0 Å². The standard InChI is InChI=1S/C13H14N2O3/c1-15-6-5-8-3-4-9(7-10(8)12(15)16)11(14)13(17)18-2/h3-7,11H,14H2,1-2H3. The monoisotopic (exact) mass is 246 g/mol. The molecule has 0 fully saturated rings. The number of carbonyl (C=O) groups is 1. The second-order valence-corrected chi connectivity index (χ2v) is 4.08. The van der Waals surface area contributed by atoms with E-state index in [9.17, 15) is 9.59 Å². The third kappa shape index (κ3) is 2.00. The van der Waals surface area contributed by atoms with Crippen LogP contribution in [-0.2, 0) is 16.6 Å². The molecule has 0 saturated carbocycles. The summed E-state index contributed by atoms with van der Waals surface area (Å²) in [5.74, 6) is -0.526. The first kappa shape index (κ1) is 12.3. The van der Waals surface area contributed by atoms with Gasteiger partial charge in [0.1, 0.15) is 6.04 Å². The molecule has 0 bridgehead atoms. The lowest BCUT2D eigenvalue weighted by atomic mass is 10.0. The highest BCUT2D eigenvalue weighted by atomic mass is 16.5. The van der Waals surface area contributed by atoms with Gasteiger partial charge in [-0.25, -0.2) is 0 Å². The molecule has 94 valence electrons. The van der Waals surface area contributed by atoms with Crippen molar-refractivity contribution in [1.29, 1.82) is 0 Å². The Bertz CT molecular complexity index is 661. The number of carbonyl (C=O) groups excluding carboxylic acids is 1. The average Bonchev–Trinajstić information content (AvgIpc) is 2.41. The third-order valence-electron chi connectivity index (χ3n) is 2.92. The Labute approximate surface area is 104 Å². The maximum Gasteiger partial charge on any atom is 0.327 e. The molecule has 1 aromatic carbocycles. The van der Waals surface area contributed by atoms with Crippen LogP contribution in [-0.4, -0.2) is 17.6 Å². The fourth-order valence-electron chi connectivity index (χ4n) is 1.81. The number of aromatic nitrogens is 1. The summed E-state index contributed by atoms with van der Waals surface area (Å²) >= 11 is 0. The Balaban J connectivity index is 2.60. The fraction of sp³-hybridized carbons (Fsp3) is 0.231. The molecule has 1 unspecified atom stereocenters. The topological polar surface area (TPSA) is 74.3 Å². The van der Waals surface area contributed by atoms with Gasteiger partial charge in [0.25, 0.3) is 5.56 Å². The van der Waals surface area contributed by atoms with Gasteiger partial charge in [-0.15, -0.1) is 0 Å². The molecule has 0 aliphatic heterocycles. The zero-order chi connectivity index (χ0) is 13.3. The van der Waals surface area contributed by atoms with Gasteiger partial charge in [0.2, 0.25) is 0 Å². The Hall–Kier alpha value is -2.14. The number of fused-ring (bicyclic) bond motifs is 1. The van der Waals surface area contributed by atoms with E-state index < -0.39 is 12.0 Å². The van der Waals surface area contributed by atoms with Gasteiger partial charge >= 0.3 is 5.97 Å². The van der Waals surface area contributed by atoms with Gasteiger partial charge < -0.3 is 15.0 Å². The number of nitrogens with zero attached hydrogens (tertiary/aromatic N) is 1. The lowest BCUT2D eigenvalue weighted by molar-refractivity contribution is -0.142. The number of ether oxygens (including phenoxy) is 1. The highest BCUT2D eigenvalue weighted by molar-refractivity contribution is 5.84. The summed E-state index contributed by atoms with van der Waals surface area (Å²) in [5.41, 5.74) is 6.19. The minimum Gasteiger partial charge on any atom is -0.468 e. The Morgan fingerprint density at radius 2 is 2.11 bits per heavy atom. The van der Waals surface area contributed by atoms with Gasteiger partial charge in [0.05, 0.1) is 7.11 Å². The average molecular weight is 246 g/mol. The second-order valence-electron chi connectivity index (χ2n) is 4.08. The van der Waals surface area contributed by atoms with Crippen molar-refractivity contribution in [2.45, 2.75) is 6.04 Å². The van der Waals surface area contributed by atoms with Gasteiger partial charge in [0.15, 0.2) is 0 Å². The molecule has 0 amide bonds. The van der Waals surface area contributed by atoms with Crippen molar-refractivity contribution in [2.75, 3.05) is 7.11 Å². The molecular formula is C13H14N2O3. The van der Waals surface area contributed by atoms with Gasteiger partial charge in [-0.05, 0) is 23.1 Å². The number of aryl methyl sites for hydroxylation is 1. The molecule has 1 heterocycles. The van der Waals surface area contributed by atoms with Gasteiger partial charge in [-0.1, -0.05) is 12.1 Å². The van der Waals surface area contributed by atoms with E-state index in [2.05, 4.69) is 4.74 Å². The van der Waals surface area contributed by atoms with Crippen molar-refractivity contribution in [1.82, 2.24) is 4.57 Å².